The SMILES string of the molecule is Nc1cc(F)cnc1NC=O. The molecule has 0 bridgehead atoms. The van der Waals surface area contributed by atoms with Crippen LogP contribution in [0.1, 0.15) is 0 Å². The van der Waals surface area contributed by atoms with Crippen LogP contribution in [0.25, 0.3) is 0 Å². The van der Waals surface area contributed by atoms with Crippen molar-refractivity contribution in [2.24, 2.45) is 0 Å². The van der Waals surface area contributed by atoms with Crippen LogP contribution < -0.4 is 11.1 Å². The highest BCUT2D eigenvalue weighted by molar-refractivity contribution is 5.76. The molecule has 0 aromatic carbocycles. The second kappa shape index (κ2) is 2.96. The number of halogens is 1. The first kappa shape index (κ1) is 7.46. The van der Waals surface area contributed by atoms with Crippen LogP contribution in [0.15, 0.2) is 12.3 Å². The summed E-state index contributed by atoms with van der Waals surface area (Å²) >= 11 is 0. The number of nitrogens with one attached hydrogen (secondary N) is 1. The van der Waals surface area contributed by atoms with E-state index in [-0.39, 0.29) is 11.5 Å². The van der Waals surface area contributed by atoms with Crippen LogP contribution >= 0.6 is 0 Å². The van der Waals surface area contributed by atoms with Gasteiger partial charge in [0.25, 0.3) is 0 Å². The summed E-state index contributed by atoms with van der Waals surface area (Å²) in [4.78, 5) is 13.4. The Morgan fingerprint density at radius 3 is 3.00 bits per heavy atom. The van der Waals surface area contributed by atoms with Gasteiger partial charge in [-0.2, -0.15) is 0 Å². The first-order valence-electron chi connectivity index (χ1n) is 2.85. The number of carbonyl (C=O) groups excluding carboxylic acids is 1. The van der Waals surface area contributed by atoms with Gasteiger partial charge in [-0.05, 0) is 0 Å². The van der Waals surface area contributed by atoms with Crippen LogP contribution in [0.5, 0.6) is 0 Å². The van der Waals surface area contributed by atoms with Gasteiger partial charge in [0.05, 0.1) is 11.9 Å². The summed E-state index contributed by atoms with van der Waals surface area (Å²) in [7, 11) is 0. The molecule has 5 heteroatoms. The van der Waals surface area contributed by atoms with Crippen molar-refractivity contribution in [3.05, 3.63) is 18.1 Å². The second-order valence-corrected chi connectivity index (χ2v) is 1.85. The van der Waals surface area contributed by atoms with Crippen LogP contribution in [-0.4, -0.2) is 11.4 Å². The minimum absolute atomic E-state index is 0.108. The lowest BCUT2D eigenvalue weighted by Gasteiger charge is -2.00. The predicted octanol–water partition coefficient (Wildman–Crippen LogP) is 0.371. The third kappa shape index (κ3) is 1.64. The number of carbonyl (C=O) groups is 1. The fourth-order valence-corrected chi connectivity index (χ4v) is 0.631. The molecular weight excluding hydrogens is 149 g/mol. The van der Waals surface area contributed by atoms with E-state index in [1.165, 1.54) is 0 Å². The van der Waals surface area contributed by atoms with Crippen LogP contribution in [0.4, 0.5) is 15.9 Å². The van der Waals surface area contributed by atoms with E-state index in [1.54, 1.807) is 0 Å². The average molecular weight is 155 g/mol. The summed E-state index contributed by atoms with van der Waals surface area (Å²) in [6, 6.07) is 1.08. The summed E-state index contributed by atoms with van der Waals surface area (Å²) < 4.78 is 12.3. The van der Waals surface area contributed by atoms with E-state index in [0.717, 1.165) is 12.3 Å². The van der Waals surface area contributed by atoms with Gasteiger partial charge in [0.15, 0.2) is 5.82 Å². The van der Waals surface area contributed by atoms with Crippen molar-refractivity contribution < 1.29 is 9.18 Å². The molecule has 1 amide bonds. The fourth-order valence-electron chi connectivity index (χ4n) is 0.631. The first-order chi connectivity index (χ1) is 5.24. The van der Waals surface area contributed by atoms with Gasteiger partial charge in [-0.25, -0.2) is 9.37 Å². The van der Waals surface area contributed by atoms with Crippen molar-refractivity contribution in [2.45, 2.75) is 0 Å². The van der Waals surface area contributed by atoms with E-state index in [1.807, 2.05) is 0 Å². The Hall–Kier alpha value is -1.65. The molecule has 58 valence electrons. The number of hydrogen-bond acceptors (Lipinski definition) is 3. The number of anilines is 2. The number of nitrogens with zero attached hydrogens (tertiary/aromatic N) is 1. The van der Waals surface area contributed by atoms with Crippen LogP contribution in [-0.2, 0) is 4.79 Å². The molecule has 1 aromatic heterocycles. The molecule has 11 heavy (non-hydrogen) atoms. The Kier molecular flexibility index (Phi) is 2.00. The number of pyridine rings is 1. The summed E-state index contributed by atoms with van der Waals surface area (Å²) in [5.74, 6) is -0.361. The number of hydrogen-bond donors (Lipinski definition) is 2. The van der Waals surface area contributed by atoms with Gasteiger partial charge in [-0.1, -0.05) is 0 Å². The molecule has 0 fully saturated rings. The molecule has 0 aliphatic heterocycles. The Morgan fingerprint density at radius 1 is 1.73 bits per heavy atom. The highest BCUT2D eigenvalue weighted by Crippen LogP contribution is 2.13. The van der Waals surface area contributed by atoms with Gasteiger partial charge in [-0.3, -0.25) is 4.79 Å². The smallest absolute Gasteiger partial charge is 0.212 e. The number of aromatic nitrogens is 1. The van der Waals surface area contributed by atoms with Crippen molar-refractivity contribution in [1.29, 1.82) is 0 Å². The van der Waals surface area contributed by atoms with Gasteiger partial charge < -0.3 is 11.1 Å². The van der Waals surface area contributed by atoms with Gasteiger partial charge in [0.2, 0.25) is 6.41 Å². The van der Waals surface area contributed by atoms with E-state index in [0.29, 0.717) is 6.41 Å². The Labute approximate surface area is 62.2 Å². The molecule has 1 rings (SSSR count). The number of nitrogen functional groups attached to an aromatic ring is 1. The van der Waals surface area contributed by atoms with Crippen molar-refractivity contribution in [3.63, 3.8) is 0 Å². The molecule has 0 spiro atoms. The molecule has 3 N–H and O–H groups in total. The van der Waals surface area contributed by atoms with Crippen molar-refractivity contribution in [1.82, 2.24) is 4.98 Å². The quantitative estimate of drug-likeness (QED) is 0.606. The van der Waals surface area contributed by atoms with Crippen LogP contribution in [0.3, 0.4) is 0 Å². The minimum Gasteiger partial charge on any atom is -0.396 e. The lowest BCUT2D eigenvalue weighted by Crippen LogP contribution is -2.01. The minimum atomic E-state index is -0.529. The summed E-state index contributed by atoms with van der Waals surface area (Å²) in [6.45, 7) is 0. The zero-order valence-electron chi connectivity index (χ0n) is 5.54. The lowest BCUT2D eigenvalue weighted by atomic mass is 10.4. The molecule has 0 aliphatic carbocycles. The number of amides is 1. The first-order valence-corrected chi connectivity index (χ1v) is 2.85. The zero-order valence-corrected chi connectivity index (χ0v) is 5.54. The molecule has 0 saturated carbocycles. The molecular formula is C6H6FN3O. The maximum Gasteiger partial charge on any atom is 0.212 e. The molecule has 4 nitrogen and oxygen atoms in total. The van der Waals surface area contributed by atoms with Crippen LogP contribution in [0.2, 0.25) is 0 Å². The predicted molar refractivity (Wildman–Crippen MR) is 38.3 cm³/mol. The van der Waals surface area contributed by atoms with E-state index in [4.69, 9.17) is 5.73 Å². The van der Waals surface area contributed by atoms with E-state index in [9.17, 15) is 9.18 Å². The van der Waals surface area contributed by atoms with Crippen molar-refractivity contribution >= 4 is 17.9 Å². The van der Waals surface area contributed by atoms with Crippen molar-refractivity contribution in [2.75, 3.05) is 11.1 Å². The molecule has 0 atom stereocenters. The van der Waals surface area contributed by atoms with Crippen LogP contribution in [0, 0.1) is 5.82 Å². The Morgan fingerprint density at radius 2 is 2.45 bits per heavy atom. The normalized spacial score (nSPS) is 9.18. The molecule has 1 aromatic rings. The molecule has 1 heterocycles. The molecule has 0 aliphatic rings. The van der Waals surface area contributed by atoms with E-state index in [2.05, 4.69) is 10.3 Å². The highest BCUT2D eigenvalue weighted by atomic mass is 19.1. The molecule has 0 saturated heterocycles. The standard InChI is InChI=1S/C6H6FN3O/c7-4-1-5(8)6(9-2-4)10-3-11/h1-3H,8H2,(H,9,10,11). The van der Waals surface area contributed by atoms with Gasteiger partial charge in [0.1, 0.15) is 5.82 Å². The number of rotatable bonds is 2. The summed E-state index contributed by atoms with van der Waals surface area (Å²) in [6.07, 6.45) is 1.40. The zero-order chi connectivity index (χ0) is 8.27. The topological polar surface area (TPSA) is 68.0 Å². The highest BCUT2D eigenvalue weighted by Gasteiger charge is 1.99. The van der Waals surface area contributed by atoms with Crippen molar-refractivity contribution in [3.8, 4) is 0 Å². The third-order valence-electron chi connectivity index (χ3n) is 1.08. The monoisotopic (exact) mass is 155 g/mol. The maximum atomic E-state index is 12.3. The maximum absolute atomic E-state index is 12.3. The summed E-state index contributed by atoms with van der Waals surface area (Å²) in [5, 5.41) is 2.22. The number of nitrogens with two attached hydrogens (primary N) is 1. The largest absolute Gasteiger partial charge is 0.396 e. The Bertz CT molecular complexity index is 277. The van der Waals surface area contributed by atoms with Gasteiger partial charge >= 0.3 is 0 Å². The fraction of sp³-hybridized carbons (Fsp3) is 0. The summed E-state index contributed by atoms with van der Waals surface area (Å²) in [5.41, 5.74) is 5.39. The van der Waals surface area contributed by atoms with E-state index < -0.39 is 5.82 Å². The molecule has 0 radical (unpaired) electrons. The Balaban J connectivity index is 2.98. The van der Waals surface area contributed by atoms with Gasteiger partial charge in [-0.15, -0.1) is 0 Å². The lowest BCUT2D eigenvalue weighted by molar-refractivity contribution is -0.105. The average Bonchev–Trinajstić information content (AvgIpc) is 1.95. The van der Waals surface area contributed by atoms with E-state index >= 15 is 0 Å². The second-order valence-electron chi connectivity index (χ2n) is 1.85. The third-order valence-corrected chi connectivity index (χ3v) is 1.08. The molecule has 0 unspecified atom stereocenters. The van der Waals surface area contributed by atoms with Gasteiger partial charge in [0, 0.05) is 6.07 Å².